The normalized spacial score (nSPS) is 17.0. The van der Waals surface area contributed by atoms with Crippen molar-refractivity contribution in [2.45, 2.75) is 72.2 Å². The van der Waals surface area contributed by atoms with Crippen molar-refractivity contribution in [1.82, 2.24) is 15.5 Å². The molecule has 3 aromatic carbocycles. The summed E-state index contributed by atoms with van der Waals surface area (Å²) in [6, 6.07) is 16.0. The van der Waals surface area contributed by atoms with Gasteiger partial charge in [0.05, 0.1) is 28.9 Å². The molecule has 4 rings (SSSR count). The fourth-order valence-electron chi connectivity index (χ4n) is 5.93. The van der Waals surface area contributed by atoms with Gasteiger partial charge in [0.15, 0.2) is 6.10 Å². The molecule has 1 unspecified atom stereocenters. The monoisotopic (exact) mass is 634 g/mol. The van der Waals surface area contributed by atoms with E-state index in [4.69, 9.17) is 22.1 Å². The molecule has 1 aliphatic heterocycles. The Hall–Kier alpha value is -4.08. The van der Waals surface area contributed by atoms with E-state index in [0.717, 1.165) is 22.3 Å². The number of hydrogen-bond acceptors (Lipinski definition) is 6. The van der Waals surface area contributed by atoms with Crippen LogP contribution in [0.15, 0.2) is 60.7 Å². The van der Waals surface area contributed by atoms with Gasteiger partial charge in [0.1, 0.15) is 11.8 Å². The molecule has 0 spiro atoms. The predicted octanol–water partition coefficient (Wildman–Crippen LogP) is 4.58. The van der Waals surface area contributed by atoms with Crippen LogP contribution < -0.4 is 21.1 Å². The van der Waals surface area contributed by atoms with Gasteiger partial charge in [-0.05, 0) is 85.5 Å². The molecule has 0 aliphatic carbocycles. The number of anilines is 1. The molecule has 1 heterocycles. The lowest BCUT2D eigenvalue weighted by Crippen LogP contribution is -2.57. The van der Waals surface area contributed by atoms with E-state index in [9.17, 15) is 19.5 Å². The second-order valence-electron chi connectivity index (χ2n) is 12.3. The number of aliphatic hydroxyl groups excluding tert-OH is 1. The summed E-state index contributed by atoms with van der Waals surface area (Å²) >= 11 is 6.32. The molecule has 3 amide bonds. The summed E-state index contributed by atoms with van der Waals surface area (Å²) in [6.07, 6.45) is -0.948. The van der Waals surface area contributed by atoms with Crippen LogP contribution >= 0.6 is 11.6 Å². The number of ether oxygens (including phenoxy) is 1. The first-order valence-corrected chi connectivity index (χ1v) is 15.6. The van der Waals surface area contributed by atoms with Gasteiger partial charge in [-0.2, -0.15) is 0 Å². The summed E-state index contributed by atoms with van der Waals surface area (Å²) in [4.78, 5) is 42.5. The quantitative estimate of drug-likeness (QED) is 0.228. The Kier molecular flexibility index (Phi) is 10.8. The molecule has 1 saturated heterocycles. The lowest BCUT2D eigenvalue weighted by Gasteiger charge is -2.34. The number of nitrogens with one attached hydrogen (secondary N) is 2. The van der Waals surface area contributed by atoms with Crippen molar-refractivity contribution in [2.24, 2.45) is 5.41 Å². The second kappa shape index (κ2) is 14.3. The summed E-state index contributed by atoms with van der Waals surface area (Å²) in [6.45, 7) is 10.9. The fourth-order valence-corrected chi connectivity index (χ4v) is 6.14. The Bertz CT molecular complexity index is 1520. The summed E-state index contributed by atoms with van der Waals surface area (Å²) in [5, 5.41) is 17.5. The number of nitrogens with zero attached hydrogens (tertiary/aromatic N) is 1. The molecule has 45 heavy (non-hydrogen) atoms. The lowest BCUT2D eigenvalue weighted by molar-refractivity contribution is -0.148. The zero-order valence-electron chi connectivity index (χ0n) is 26.5. The minimum Gasteiger partial charge on any atom is -0.494 e. The fraction of sp³-hybridized carbons (Fsp3) is 0.400. The Morgan fingerprint density at radius 3 is 2.36 bits per heavy atom. The number of aryl methyl sites for hydroxylation is 2. The third-order valence-corrected chi connectivity index (χ3v) is 9.00. The number of benzene rings is 3. The number of amides is 3. The summed E-state index contributed by atoms with van der Waals surface area (Å²) < 4.78 is 5.54. The predicted molar refractivity (Wildman–Crippen MR) is 176 cm³/mol. The van der Waals surface area contributed by atoms with Crippen molar-refractivity contribution in [3.63, 3.8) is 0 Å². The highest BCUT2D eigenvalue weighted by atomic mass is 35.5. The first-order chi connectivity index (χ1) is 21.3. The molecule has 0 aromatic heterocycles. The highest BCUT2D eigenvalue weighted by Crippen LogP contribution is 2.37. The number of carbonyl (C=O) groups is 3. The van der Waals surface area contributed by atoms with Crippen LogP contribution in [-0.4, -0.2) is 59.1 Å². The molecule has 1 fully saturated rings. The maximum Gasteiger partial charge on any atom is 0.254 e. The first kappa shape index (κ1) is 33.8. The maximum atomic E-state index is 14.0. The minimum absolute atomic E-state index is 0.0811. The van der Waals surface area contributed by atoms with Crippen LogP contribution in [0.1, 0.15) is 59.8 Å². The van der Waals surface area contributed by atoms with Crippen molar-refractivity contribution < 1.29 is 24.2 Å². The molecule has 3 atom stereocenters. The van der Waals surface area contributed by atoms with Crippen LogP contribution in [0, 0.1) is 19.3 Å². The number of carbonyl (C=O) groups excluding carboxylic acids is 3. The van der Waals surface area contributed by atoms with Gasteiger partial charge in [0.2, 0.25) is 5.91 Å². The van der Waals surface area contributed by atoms with Crippen LogP contribution in [0.2, 0.25) is 5.02 Å². The zero-order valence-corrected chi connectivity index (χ0v) is 27.3. The standard InChI is InChI=1S/C35H43ClN4O5/c1-6-45-24-15-13-23(14-16-24)19-28(39-32(42)25-11-8-12-27(37)29(25)36)30(41)34(44)40-18-17-35(4,5)31(40)33(43)38-20-26-21(2)9-7-10-22(26)3/h7-16,28,30-31,41H,6,17-20,37H2,1-5H3,(H,38,43)(H,39,42)/t28-,30-,31?/m0/s1. The third-order valence-electron chi connectivity index (χ3n) is 8.58. The minimum atomic E-state index is -1.65. The van der Waals surface area contributed by atoms with Gasteiger partial charge in [-0.1, -0.05) is 61.8 Å². The van der Waals surface area contributed by atoms with E-state index in [0.29, 0.717) is 25.3 Å². The number of aliphatic hydroxyl groups is 1. The van der Waals surface area contributed by atoms with Crippen LogP contribution in [0.4, 0.5) is 5.69 Å². The zero-order chi connectivity index (χ0) is 32.9. The van der Waals surface area contributed by atoms with E-state index in [1.807, 2.05) is 65.0 Å². The summed E-state index contributed by atoms with van der Waals surface area (Å²) in [5.41, 5.74) is 9.66. The summed E-state index contributed by atoms with van der Waals surface area (Å²) in [5.74, 6) is -0.833. The molecule has 240 valence electrons. The lowest BCUT2D eigenvalue weighted by atomic mass is 9.84. The number of nitrogen functional groups attached to an aromatic ring is 1. The van der Waals surface area contributed by atoms with Crippen LogP contribution in [0.3, 0.4) is 0 Å². The topological polar surface area (TPSA) is 134 Å². The smallest absolute Gasteiger partial charge is 0.254 e. The molecule has 5 N–H and O–H groups in total. The number of rotatable bonds is 11. The number of halogens is 1. The van der Waals surface area contributed by atoms with E-state index >= 15 is 0 Å². The highest BCUT2D eigenvalue weighted by molar-refractivity contribution is 6.36. The Labute approximate surface area is 270 Å². The Morgan fingerprint density at radius 2 is 1.71 bits per heavy atom. The largest absolute Gasteiger partial charge is 0.494 e. The van der Waals surface area contributed by atoms with E-state index in [2.05, 4.69) is 10.6 Å². The molecule has 0 radical (unpaired) electrons. The SMILES string of the molecule is CCOc1ccc(C[C@H](NC(=O)c2cccc(N)c2Cl)[C@H](O)C(=O)N2CCC(C)(C)C2C(=O)NCc2c(C)cccc2C)cc1. The van der Waals surface area contributed by atoms with E-state index in [1.165, 1.54) is 11.0 Å². The second-order valence-corrected chi connectivity index (χ2v) is 12.7. The molecule has 0 bridgehead atoms. The number of hydrogen-bond donors (Lipinski definition) is 4. The molecular weight excluding hydrogens is 592 g/mol. The van der Waals surface area contributed by atoms with Gasteiger partial charge in [-0.25, -0.2) is 0 Å². The Balaban J connectivity index is 1.58. The van der Waals surface area contributed by atoms with Gasteiger partial charge in [0.25, 0.3) is 11.8 Å². The van der Waals surface area contributed by atoms with Crippen LogP contribution in [-0.2, 0) is 22.6 Å². The first-order valence-electron chi connectivity index (χ1n) is 15.2. The van der Waals surface area contributed by atoms with Crippen LogP contribution in [0.5, 0.6) is 5.75 Å². The van der Waals surface area contributed by atoms with Crippen molar-refractivity contribution >= 4 is 35.0 Å². The van der Waals surface area contributed by atoms with Crippen molar-refractivity contribution in [2.75, 3.05) is 18.9 Å². The van der Waals surface area contributed by atoms with Gasteiger partial charge in [-0.15, -0.1) is 0 Å². The van der Waals surface area contributed by atoms with Crippen LogP contribution in [0.25, 0.3) is 0 Å². The molecule has 0 saturated carbocycles. The van der Waals surface area contributed by atoms with E-state index in [1.54, 1.807) is 24.3 Å². The van der Waals surface area contributed by atoms with Gasteiger partial charge >= 0.3 is 0 Å². The van der Waals surface area contributed by atoms with E-state index < -0.39 is 35.4 Å². The van der Waals surface area contributed by atoms with Gasteiger partial charge in [0, 0.05) is 13.1 Å². The third kappa shape index (κ3) is 7.78. The van der Waals surface area contributed by atoms with Gasteiger partial charge in [-0.3, -0.25) is 14.4 Å². The average Bonchev–Trinajstić information content (AvgIpc) is 3.32. The van der Waals surface area contributed by atoms with Crippen molar-refractivity contribution in [3.05, 3.63) is 93.5 Å². The maximum absolute atomic E-state index is 14.0. The van der Waals surface area contributed by atoms with Crippen molar-refractivity contribution in [3.8, 4) is 5.75 Å². The molecular formula is C35H43ClN4O5. The number of likely N-dealkylation sites (tertiary alicyclic amines) is 1. The van der Waals surface area contributed by atoms with Gasteiger partial charge < -0.3 is 31.1 Å². The molecule has 3 aromatic rings. The highest BCUT2D eigenvalue weighted by Gasteiger charge is 2.49. The number of nitrogens with two attached hydrogens (primary N) is 1. The average molecular weight is 635 g/mol. The van der Waals surface area contributed by atoms with Crippen molar-refractivity contribution in [1.29, 1.82) is 0 Å². The molecule has 1 aliphatic rings. The van der Waals surface area contributed by atoms with E-state index in [-0.39, 0.29) is 35.1 Å². The summed E-state index contributed by atoms with van der Waals surface area (Å²) in [7, 11) is 0. The molecule has 9 nitrogen and oxygen atoms in total. The Morgan fingerprint density at radius 1 is 1.07 bits per heavy atom. The molecule has 10 heteroatoms.